The molecule has 0 radical (unpaired) electrons. The summed E-state index contributed by atoms with van der Waals surface area (Å²) in [5.41, 5.74) is 1.60. The van der Waals surface area contributed by atoms with Gasteiger partial charge in [0.05, 0.1) is 5.69 Å². The van der Waals surface area contributed by atoms with Gasteiger partial charge in [-0.2, -0.15) is 0 Å². The number of fused-ring (bicyclic) bond motifs is 1. The molecular weight excluding hydrogens is 341 g/mol. The highest BCUT2D eigenvalue weighted by Gasteiger charge is 2.15. The molecule has 4 rings (SSSR count). The molecule has 4 nitrogen and oxygen atoms in total. The third kappa shape index (κ3) is 2.95. The lowest BCUT2D eigenvalue weighted by molar-refractivity contribution is 0.509. The summed E-state index contributed by atoms with van der Waals surface area (Å²) < 4.78 is 41.9. The van der Waals surface area contributed by atoms with Crippen LogP contribution in [-0.2, 0) is 0 Å². The van der Waals surface area contributed by atoms with Crippen LogP contribution in [0.1, 0.15) is 0 Å². The number of halogens is 3. The van der Waals surface area contributed by atoms with Crippen LogP contribution in [0.2, 0.25) is 0 Å². The molecule has 0 aliphatic carbocycles. The van der Waals surface area contributed by atoms with Crippen LogP contribution in [0, 0.1) is 17.5 Å². The van der Waals surface area contributed by atoms with Crippen LogP contribution in [-0.4, -0.2) is 9.38 Å². The first-order valence-electron chi connectivity index (χ1n) is 7.71. The average molecular weight is 352 g/mol. The second kappa shape index (κ2) is 6.44. The Hall–Kier alpha value is -3.48. The van der Waals surface area contributed by atoms with Gasteiger partial charge in [-0.25, -0.2) is 18.2 Å². The molecule has 0 amide bonds. The van der Waals surface area contributed by atoms with E-state index in [0.717, 1.165) is 12.1 Å². The zero-order valence-electron chi connectivity index (χ0n) is 13.3. The fourth-order valence-electron chi connectivity index (χ4n) is 2.56. The van der Waals surface area contributed by atoms with E-state index in [1.807, 2.05) is 0 Å². The van der Waals surface area contributed by atoms with E-state index in [1.165, 1.54) is 24.3 Å². The number of imidazole rings is 1. The van der Waals surface area contributed by atoms with E-state index in [4.69, 9.17) is 0 Å². The first-order valence-corrected chi connectivity index (χ1v) is 7.71. The van der Waals surface area contributed by atoms with Crippen molar-refractivity contribution in [3.63, 3.8) is 0 Å². The quantitative estimate of drug-likeness (QED) is 0.428. The summed E-state index contributed by atoms with van der Waals surface area (Å²) in [6, 6.07) is 14.5. The molecule has 0 N–H and O–H groups in total. The van der Waals surface area contributed by atoms with Gasteiger partial charge in [-0.15, -0.1) is 10.2 Å². The van der Waals surface area contributed by atoms with Gasteiger partial charge in [0, 0.05) is 17.8 Å². The lowest BCUT2D eigenvalue weighted by Crippen LogP contribution is -1.86. The van der Waals surface area contributed by atoms with E-state index < -0.39 is 17.5 Å². The summed E-state index contributed by atoms with van der Waals surface area (Å²) in [7, 11) is 0. The first-order chi connectivity index (χ1) is 12.6. The van der Waals surface area contributed by atoms with Crippen molar-refractivity contribution >= 4 is 17.2 Å². The van der Waals surface area contributed by atoms with Crippen LogP contribution in [0.15, 0.2) is 77.1 Å². The van der Waals surface area contributed by atoms with Crippen LogP contribution in [0.3, 0.4) is 0 Å². The summed E-state index contributed by atoms with van der Waals surface area (Å²) in [5, 5.41) is 8.22. The summed E-state index contributed by atoms with van der Waals surface area (Å²) in [4.78, 5) is 4.43. The number of pyridine rings is 1. The normalized spacial score (nSPS) is 11.5. The maximum Gasteiger partial charge on any atom is 0.187 e. The third-order valence-electron chi connectivity index (χ3n) is 3.77. The van der Waals surface area contributed by atoms with Crippen LogP contribution in [0.25, 0.3) is 16.9 Å². The minimum Gasteiger partial charge on any atom is -0.283 e. The fourth-order valence-corrected chi connectivity index (χ4v) is 2.56. The lowest BCUT2D eigenvalue weighted by atomic mass is 10.1. The van der Waals surface area contributed by atoms with Crippen molar-refractivity contribution in [1.82, 2.24) is 9.38 Å². The standard InChI is InChI=1S/C19H11F3N4/c20-13-4-3-5-14(11-13)24-25-19-18(12-7-8-15(21)16(22)10-12)23-17-6-1-2-9-26(17)19/h1-11H. The number of benzene rings is 2. The van der Waals surface area contributed by atoms with Crippen molar-refractivity contribution in [2.24, 2.45) is 10.2 Å². The van der Waals surface area contributed by atoms with Gasteiger partial charge in [0.25, 0.3) is 0 Å². The van der Waals surface area contributed by atoms with E-state index in [9.17, 15) is 13.2 Å². The summed E-state index contributed by atoms with van der Waals surface area (Å²) in [6.07, 6.45) is 1.73. The molecule has 0 spiro atoms. The SMILES string of the molecule is Fc1cccc(N=Nc2c(-c3ccc(F)c(F)c3)nc3ccccn23)c1. The van der Waals surface area contributed by atoms with E-state index in [2.05, 4.69) is 15.2 Å². The summed E-state index contributed by atoms with van der Waals surface area (Å²) in [6.45, 7) is 0. The van der Waals surface area contributed by atoms with Crippen molar-refractivity contribution in [2.75, 3.05) is 0 Å². The molecule has 0 saturated heterocycles. The van der Waals surface area contributed by atoms with Crippen LogP contribution in [0.5, 0.6) is 0 Å². The Bertz CT molecular complexity index is 1130. The lowest BCUT2D eigenvalue weighted by Gasteiger charge is -2.01. The number of nitrogens with zero attached hydrogens (tertiary/aromatic N) is 4. The molecule has 0 bridgehead atoms. The molecule has 0 fully saturated rings. The number of hydrogen-bond donors (Lipinski definition) is 0. The zero-order valence-corrected chi connectivity index (χ0v) is 13.3. The number of aromatic nitrogens is 2. The Balaban J connectivity index is 1.88. The highest BCUT2D eigenvalue weighted by atomic mass is 19.2. The monoisotopic (exact) mass is 352 g/mol. The predicted molar refractivity (Wildman–Crippen MR) is 91.1 cm³/mol. The zero-order chi connectivity index (χ0) is 18.1. The van der Waals surface area contributed by atoms with Crippen molar-refractivity contribution in [1.29, 1.82) is 0 Å². The molecule has 2 heterocycles. The highest BCUT2D eigenvalue weighted by Crippen LogP contribution is 2.33. The maximum atomic E-state index is 13.6. The van der Waals surface area contributed by atoms with Crippen molar-refractivity contribution in [2.45, 2.75) is 0 Å². The Labute approximate surface area is 146 Å². The third-order valence-corrected chi connectivity index (χ3v) is 3.77. The fraction of sp³-hybridized carbons (Fsp3) is 0. The van der Waals surface area contributed by atoms with E-state index in [1.54, 1.807) is 34.9 Å². The summed E-state index contributed by atoms with van der Waals surface area (Å²) >= 11 is 0. The van der Waals surface area contributed by atoms with Gasteiger partial charge in [0.2, 0.25) is 0 Å². The van der Waals surface area contributed by atoms with Gasteiger partial charge in [0.15, 0.2) is 17.5 Å². The Morgan fingerprint density at radius 1 is 0.808 bits per heavy atom. The van der Waals surface area contributed by atoms with E-state index >= 15 is 0 Å². The van der Waals surface area contributed by atoms with Gasteiger partial charge in [0.1, 0.15) is 17.2 Å². The van der Waals surface area contributed by atoms with E-state index in [-0.39, 0.29) is 0 Å². The van der Waals surface area contributed by atoms with Crippen molar-refractivity contribution in [3.05, 3.63) is 84.3 Å². The second-order valence-electron chi connectivity index (χ2n) is 5.52. The predicted octanol–water partition coefficient (Wildman–Crippen LogP) is 5.83. The van der Waals surface area contributed by atoms with Gasteiger partial charge in [-0.05, 0) is 42.5 Å². The van der Waals surface area contributed by atoms with E-state index in [0.29, 0.717) is 28.4 Å². The average Bonchev–Trinajstić information content (AvgIpc) is 3.01. The Morgan fingerprint density at radius 3 is 2.50 bits per heavy atom. The number of rotatable bonds is 3. The minimum absolute atomic E-state index is 0.326. The molecule has 2 aromatic carbocycles. The Morgan fingerprint density at radius 2 is 1.69 bits per heavy atom. The molecule has 26 heavy (non-hydrogen) atoms. The van der Waals surface area contributed by atoms with Gasteiger partial charge >= 0.3 is 0 Å². The van der Waals surface area contributed by atoms with Gasteiger partial charge < -0.3 is 0 Å². The molecule has 0 aliphatic rings. The summed E-state index contributed by atoms with van der Waals surface area (Å²) in [5.74, 6) is -2.02. The second-order valence-corrected chi connectivity index (χ2v) is 5.52. The van der Waals surface area contributed by atoms with Gasteiger partial charge in [-0.3, -0.25) is 4.40 Å². The number of azo groups is 1. The maximum absolute atomic E-state index is 13.6. The van der Waals surface area contributed by atoms with Crippen LogP contribution in [0.4, 0.5) is 24.7 Å². The molecule has 7 heteroatoms. The molecule has 4 aromatic rings. The molecule has 0 aliphatic heterocycles. The molecule has 0 saturated carbocycles. The van der Waals surface area contributed by atoms with Gasteiger partial charge in [-0.1, -0.05) is 12.1 Å². The first kappa shape index (κ1) is 16.0. The topological polar surface area (TPSA) is 42.0 Å². The smallest absolute Gasteiger partial charge is 0.187 e. The molecular formula is C19H11F3N4. The van der Waals surface area contributed by atoms with Crippen LogP contribution >= 0.6 is 0 Å². The molecule has 2 aromatic heterocycles. The largest absolute Gasteiger partial charge is 0.283 e. The minimum atomic E-state index is -0.979. The van der Waals surface area contributed by atoms with Crippen LogP contribution < -0.4 is 0 Å². The molecule has 0 unspecified atom stereocenters. The van der Waals surface area contributed by atoms with Crippen molar-refractivity contribution in [3.8, 4) is 11.3 Å². The highest BCUT2D eigenvalue weighted by molar-refractivity contribution is 5.74. The molecule has 128 valence electrons. The Kier molecular flexibility index (Phi) is 3.96. The number of hydrogen-bond acceptors (Lipinski definition) is 3. The van der Waals surface area contributed by atoms with Crippen molar-refractivity contribution < 1.29 is 13.2 Å². The molecule has 0 atom stereocenters.